The first-order valence-electron chi connectivity index (χ1n) is 6.99. The second-order valence-electron chi connectivity index (χ2n) is 5.18. The Labute approximate surface area is 140 Å². The van der Waals surface area contributed by atoms with Crippen molar-refractivity contribution in [1.29, 1.82) is 0 Å². The van der Waals surface area contributed by atoms with Gasteiger partial charge in [0.05, 0.1) is 15.8 Å². The molecule has 0 aromatic heterocycles. The van der Waals surface area contributed by atoms with Crippen molar-refractivity contribution in [3.8, 4) is 0 Å². The number of halogens is 2. The Bertz CT molecular complexity index is 572. The van der Waals surface area contributed by atoms with Gasteiger partial charge >= 0.3 is 0 Å². The zero-order valence-electron chi connectivity index (χ0n) is 11.6. The third-order valence-corrected chi connectivity index (χ3v) is 6.90. The molecule has 3 nitrogen and oxygen atoms in total. The van der Waals surface area contributed by atoms with Gasteiger partial charge < -0.3 is 0 Å². The highest BCUT2D eigenvalue weighted by Gasteiger charge is 2.16. The Morgan fingerprint density at radius 3 is 2.57 bits per heavy atom. The molecule has 0 saturated heterocycles. The molecule has 118 valence electrons. The average molecular weight is 368 g/mol. The Kier molecular flexibility index (Phi) is 6.69. The van der Waals surface area contributed by atoms with Gasteiger partial charge in [-0.15, -0.1) is 0 Å². The molecule has 0 aliphatic heterocycles. The van der Waals surface area contributed by atoms with Crippen LogP contribution in [-0.2, 0) is 15.8 Å². The van der Waals surface area contributed by atoms with E-state index in [-0.39, 0.29) is 5.75 Å². The molecule has 0 heterocycles. The Hall–Kier alpha value is 0.0600. The first-order chi connectivity index (χ1) is 9.96. The van der Waals surface area contributed by atoms with E-state index in [0.717, 1.165) is 5.75 Å². The molecule has 1 N–H and O–H groups in total. The highest BCUT2D eigenvalue weighted by Crippen LogP contribution is 2.29. The van der Waals surface area contributed by atoms with Gasteiger partial charge in [-0.1, -0.05) is 42.1 Å². The molecular weight excluding hydrogens is 349 g/mol. The molecule has 0 unspecified atom stereocenters. The van der Waals surface area contributed by atoms with E-state index >= 15 is 0 Å². The fraction of sp³-hybridized carbons (Fsp3) is 0.571. The summed E-state index contributed by atoms with van der Waals surface area (Å²) in [5.41, 5.74) is 0.639. The minimum Gasteiger partial charge on any atom is -0.214 e. The molecule has 7 heteroatoms. The smallest absolute Gasteiger partial charge is 0.214 e. The van der Waals surface area contributed by atoms with Gasteiger partial charge in [-0.25, -0.2) is 13.1 Å². The molecule has 2 rings (SSSR count). The van der Waals surface area contributed by atoms with Gasteiger partial charge in [0.25, 0.3) is 0 Å². The van der Waals surface area contributed by atoms with Crippen LogP contribution in [0.5, 0.6) is 0 Å². The number of hydrogen-bond acceptors (Lipinski definition) is 3. The molecule has 1 saturated carbocycles. The van der Waals surface area contributed by atoms with Crippen LogP contribution >= 0.6 is 35.0 Å². The van der Waals surface area contributed by atoms with Crippen molar-refractivity contribution in [3.63, 3.8) is 0 Å². The van der Waals surface area contributed by atoms with Crippen LogP contribution in [-0.4, -0.2) is 26.0 Å². The summed E-state index contributed by atoms with van der Waals surface area (Å²) >= 11 is 13.6. The topological polar surface area (TPSA) is 46.2 Å². The van der Waals surface area contributed by atoms with Crippen molar-refractivity contribution in [1.82, 2.24) is 4.72 Å². The monoisotopic (exact) mass is 367 g/mol. The lowest BCUT2D eigenvalue weighted by Crippen LogP contribution is -2.27. The number of rotatable bonds is 7. The summed E-state index contributed by atoms with van der Waals surface area (Å²) in [4.78, 5) is 0. The van der Waals surface area contributed by atoms with Crippen molar-refractivity contribution >= 4 is 45.0 Å². The molecule has 0 spiro atoms. The molecule has 1 aliphatic rings. The molecule has 1 fully saturated rings. The normalized spacial score (nSPS) is 16.5. The fourth-order valence-corrected chi connectivity index (χ4v) is 5.18. The molecular formula is C14H19Cl2NO2S2. The van der Waals surface area contributed by atoms with E-state index in [2.05, 4.69) is 4.72 Å². The zero-order valence-corrected chi connectivity index (χ0v) is 14.8. The number of benzene rings is 1. The third-order valence-electron chi connectivity index (χ3n) is 3.42. The van der Waals surface area contributed by atoms with E-state index in [1.807, 2.05) is 11.8 Å². The average Bonchev–Trinajstić information content (AvgIpc) is 2.92. The van der Waals surface area contributed by atoms with Gasteiger partial charge in [0.15, 0.2) is 0 Å². The number of nitrogens with one attached hydrogen (secondary N) is 1. The van der Waals surface area contributed by atoms with Crippen molar-refractivity contribution in [2.75, 3.05) is 12.3 Å². The minimum absolute atomic E-state index is 0.0714. The Morgan fingerprint density at radius 2 is 1.90 bits per heavy atom. The highest BCUT2D eigenvalue weighted by atomic mass is 35.5. The predicted octanol–water partition coefficient (Wildman–Crippen LogP) is 4.09. The summed E-state index contributed by atoms with van der Waals surface area (Å²) in [6.07, 6.45) is 5.14. The van der Waals surface area contributed by atoms with E-state index in [1.165, 1.54) is 25.7 Å². The van der Waals surface area contributed by atoms with E-state index < -0.39 is 10.0 Å². The Balaban J connectivity index is 1.77. The SMILES string of the molecule is O=S(=O)(Cc1ccc(Cl)c(Cl)c1)NCCSC1CCCC1. The van der Waals surface area contributed by atoms with Crippen LogP contribution < -0.4 is 4.72 Å². The third kappa shape index (κ3) is 5.99. The standard InChI is InChI=1S/C14H19Cl2NO2S2/c15-13-6-5-11(9-14(13)16)10-21(18,19)17-7-8-20-12-3-1-2-4-12/h5-6,9,12,17H,1-4,7-8,10H2. The molecule has 1 aliphatic carbocycles. The number of sulfonamides is 1. The lowest BCUT2D eigenvalue weighted by molar-refractivity contribution is 0.583. The van der Waals surface area contributed by atoms with Crippen LogP contribution in [0, 0.1) is 0 Å². The summed E-state index contributed by atoms with van der Waals surface area (Å²) in [5.74, 6) is 0.753. The predicted molar refractivity (Wildman–Crippen MR) is 91.8 cm³/mol. The summed E-state index contributed by atoms with van der Waals surface area (Å²) in [5, 5.41) is 1.52. The van der Waals surface area contributed by atoms with Gasteiger partial charge in [0.1, 0.15) is 0 Å². The van der Waals surface area contributed by atoms with Gasteiger partial charge in [-0.05, 0) is 30.5 Å². The maximum atomic E-state index is 12.0. The minimum atomic E-state index is -3.33. The number of hydrogen-bond donors (Lipinski definition) is 1. The molecule has 0 atom stereocenters. The van der Waals surface area contributed by atoms with Crippen LogP contribution in [0.15, 0.2) is 18.2 Å². The number of thioether (sulfide) groups is 1. The van der Waals surface area contributed by atoms with Crippen molar-refractivity contribution in [2.45, 2.75) is 36.7 Å². The fourth-order valence-electron chi connectivity index (χ4n) is 2.38. The Morgan fingerprint density at radius 1 is 1.19 bits per heavy atom. The van der Waals surface area contributed by atoms with Crippen LogP contribution in [0.3, 0.4) is 0 Å². The molecule has 1 aromatic rings. The van der Waals surface area contributed by atoms with Gasteiger partial charge in [0, 0.05) is 17.5 Å². The van der Waals surface area contributed by atoms with Crippen molar-refractivity contribution in [2.24, 2.45) is 0 Å². The second-order valence-corrected chi connectivity index (χ2v) is 9.21. The molecule has 1 aromatic carbocycles. The summed E-state index contributed by atoms with van der Waals surface area (Å²) in [6.45, 7) is 0.477. The van der Waals surface area contributed by atoms with E-state index in [0.29, 0.717) is 27.4 Å². The summed E-state index contributed by atoms with van der Waals surface area (Å²) in [7, 11) is -3.33. The van der Waals surface area contributed by atoms with E-state index in [4.69, 9.17) is 23.2 Å². The quantitative estimate of drug-likeness (QED) is 0.738. The lowest BCUT2D eigenvalue weighted by atomic mass is 10.2. The first-order valence-corrected chi connectivity index (χ1v) is 10.4. The van der Waals surface area contributed by atoms with Crippen LogP contribution in [0.2, 0.25) is 10.0 Å². The van der Waals surface area contributed by atoms with Crippen LogP contribution in [0.4, 0.5) is 0 Å². The van der Waals surface area contributed by atoms with Crippen LogP contribution in [0.1, 0.15) is 31.2 Å². The summed E-state index contributed by atoms with van der Waals surface area (Å²) < 4.78 is 26.6. The second kappa shape index (κ2) is 8.06. The van der Waals surface area contributed by atoms with E-state index in [9.17, 15) is 8.42 Å². The highest BCUT2D eigenvalue weighted by molar-refractivity contribution is 8.00. The van der Waals surface area contributed by atoms with Gasteiger partial charge in [-0.2, -0.15) is 11.8 Å². The van der Waals surface area contributed by atoms with E-state index in [1.54, 1.807) is 18.2 Å². The first kappa shape index (κ1) is 17.4. The largest absolute Gasteiger partial charge is 0.215 e. The lowest BCUT2D eigenvalue weighted by Gasteiger charge is -2.10. The van der Waals surface area contributed by atoms with Crippen LogP contribution in [0.25, 0.3) is 0 Å². The maximum Gasteiger partial charge on any atom is 0.215 e. The van der Waals surface area contributed by atoms with Gasteiger partial charge in [-0.3, -0.25) is 0 Å². The van der Waals surface area contributed by atoms with Crippen molar-refractivity contribution in [3.05, 3.63) is 33.8 Å². The molecule has 21 heavy (non-hydrogen) atoms. The molecule has 0 radical (unpaired) electrons. The maximum absolute atomic E-state index is 12.0. The molecule has 0 bridgehead atoms. The van der Waals surface area contributed by atoms with Crippen molar-refractivity contribution < 1.29 is 8.42 Å². The summed E-state index contributed by atoms with van der Waals surface area (Å²) in [6, 6.07) is 4.89. The zero-order chi connectivity index (χ0) is 15.3. The van der Waals surface area contributed by atoms with Gasteiger partial charge in [0.2, 0.25) is 10.0 Å². The molecule has 0 amide bonds.